The molecule has 0 saturated carbocycles. The number of carbonyl (C=O) groups is 1. The molecule has 1 heterocycles. The zero-order valence-electron chi connectivity index (χ0n) is 11.0. The van der Waals surface area contributed by atoms with Gasteiger partial charge in [-0.3, -0.25) is 14.2 Å². The van der Waals surface area contributed by atoms with Crippen LogP contribution in [0.3, 0.4) is 0 Å². The molecule has 21 heavy (non-hydrogen) atoms. The highest BCUT2D eigenvalue weighted by atomic mass is 79.9. The van der Waals surface area contributed by atoms with E-state index in [1.807, 2.05) is 0 Å². The van der Waals surface area contributed by atoms with Crippen molar-refractivity contribution in [1.29, 1.82) is 0 Å². The van der Waals surface area contributed by atoms with Crippen LogP contribution in [0.25, 0.3) is 0 Å². The topological polar surface area (TPSA) is 61.1 Å². The zero-order chi connectivity index (χ0) is 15.9. The molecule has 2 rings (SSSR count). The van der Waals surface area contributed by atoms with Crippen molar-refractivity contribution < 1.29 is 13.6 Å². The number of ketones is 1. The number of carbonyl (C=O) groups excluding carboxylic acids is 1. The third-order valence-electron chi connectivity index (χ3n) is 2.93. The predicted octanol–water partition coefficient (Wildman–Crippen LogP) is 1.36. The average Bonchev–Trinajstić information content (AvgIpc) is 2.39. The Labute approximate surface area is 125 Å². The number of nitrogens with zero attached hydrogens (tertiary/aromatic N) is 2. The molecule has 0 saturated heterocycles. The lowest BCUT2D eigenvalue weighted by molar-refractivity contribution is 0.102. The fourth-order valence-electron chi connectivity index (χ4n) is 1.86. The van der Waals surface area contributed by atoms with Crippen molar-refractivity contribution in [1.82, 2.24) is 9.13 Å². The first-order valence-electron chi connectivity index (χ1n) is 5.70. The van der Waals surface area contributed by atoms with Crippen LogP contribution in [0.15, 0.2) is 32.4 Å². The minimum atomic E-state index is -1.12. The number of benzene rings is 1. The zero-order valence-corrected chi connectivity index (χ0v) is 12.6. The number of hydrogen-bond acceptors (Lipinski definition) is 3. The maximum Gasteiger partial charge on any atom is 0.330 e. The SMILES string of the molecule is Cn1cc(C(=O)c2c(F)cc(Br)cc2F)c(=O)n(C)c1=O. The molecule has 0 bridgehead atoms. The minimum Gasteiger partial charge on any atom is -0.303 e. The molecule has 2 aromatic rings. The molecule has 8 heteroatoms. The summed E-state index contributed by atoms with van der Waals surface area (Å²) in [6, 6.07) is 1.84. The highest BCUT2D eigenvalue weighted by Gasteiger charge is 2.23. The van der Waals surface area contributed by atoms with Crippen LogP contribution in [-0.2, 0) is 14.1 Å². The van der Waals surface area contributed by atoms with Crippen LogP contribution < -0.4 is 11.2 Å². The predicted molar refractivity (Wildman–Crippen MR) is 74.4 cm³/mol. The van der Waals surface area contributed by atoms with E-state index in [9.17, 15) is 23.2 Å². The molecule has 0 amide bonds. The summed E-state index contributed by atoms with van der Waals surface area (Å²) in [6.45, 7) is 0. The normalized spacial score (nSPS) is 10.7. The summed E-state index contributed by atoms with van der Waals surface area (Å²) in [4.78, 5) is 35.7. The molecule has 0 aliphatic rings. The molecular weight excluding hydrogens is 350 g/mol. The number of hydrogen-bond donors (Lipinski definition) is 0. The third-order valence-corrected chi connectivity index (χ3v) is 3.38. The fourth-order valence-corrected chi connectivity index (χ4v) is 2.26. The maximum atomic E-state index is 13.8. The summed E-state index contributed by atoms with van der Waals surface area (Å²) in [5.74, 6) is -3.31. The van der Waals surface area contributed by atoms with Gasteiger partial charge in [0, 0.05) is 24.8 Å². The lowest BCUT2D eigenvalue weighted by Gasteiger charge is -2.08. The molecule has 0 aliphatic carbocycles. The van der Waals surface area contributed by atoms with E-state index < -0.39 is 39.8 Å². The molecule has 5 nitrogen and oxygen atoms in total. The van der Waals surface area contributed by atoms with Gasteiger partial charge in [-0.05, 0) is 12.1 Å². The van der Waals surface area contributed by atoms with Crippen LogP contribution in [0.2, 0.25) is 0 Å². The Bertz CT molecular complexity index is 848. The average molecular weight is 359 g/mol. The summed E-state index contributed by atoms with van der Waals surface area (Å²) < 4.78 is 29.4. The molecule has 110 valence electrons. The van der Waals surface area contributed by atoms with E-state index in [0.717, 1.165) is 22.9 Å². The van der Waals surface area contributed by atoms with Crippen molar-refractivity contribution in [2.75, 3.05) is 0 Å². The fraction of sp³-hybridized carbons (Fsp3) is 0.154. The van der Waals surface area contributed by atoms with Gasteiger partial charge >= 0.3 is 5.69 Å². The highest BCUT2D eigenvalue weighted by Crippen LogP contribution is 2.21. The second kappa shape index (κ2) is 5.36. The number of halogens is 3. The summed E-state index contributed by atoms with van der Waals surface area (Å²) in [7, 11) is 2.50. The molecule has 0 spiro atoms. The van der Waals surface area contributed by atoms with Crippen LogP contribution in [0, 0.1) is 11.6 Å². The molecular formula is C13H9BrF2N2O3. The van der Waals surface area contributed by atoms with E-state index in [2.05, 4.69) is 15.9 Å². The van der Waals surface area contributed by atoms with Crippen LogP contribution in [0.1, 0.15) is 15.9 Å². The van der Waals surface area contributed by atoms with Crippen molar-refractivity contribution in [3.05, 3.63) is 66.4 Å². The lowest BCUT2D eigenvalue weighted by atomic mass is 10.0. The van der Waals surface area contributed by atoms with Gasteiger partial charge in [0.25, 0.3) is 5.56 Å². The van der Waals surface area contributed by atoms with Gasteiger partial charge in [-0.15, -0.1) is 0 Å². The molecule has 0 aliphatic heterocycles. The Morgan fingerprint density at radius 2 is 1.67 bits per heavy atom. The van der Waals surface area contributed by atoms with Crippen LogP contribution >= 0.6 is 15.9 Å². The van der Waals surface area contributed by atoms with E-state index in [4.69, 9.17) is 0 Å². The Kier molecular flexibility index (Phi) is 3.91. The van der Waals surface area contributed by atoms with Gasteiger partial charge in [0.15, 0.2) is 0 Å². The minimum absolute atomic E-state index is 0.127. The summed E-state index contributed by atoms with van der Waals surface area (Å²) in [5, 5.41) is 0. The second-order valence-electron chi connectivity index (χ2n) is 4.37. The van der Waals surface area contributed by atoms with E-state index in [1.165, 1.54) is 14.1 Å². The molecule has 0 radical (unpaired) electrons. The van der Waals surface area contributed by atoms with Gasteiger partial charge in [-0.25, -0.2) is 13.6 Å². The van der Waals surface area contributed by atoms with Crippen molar-refractivity contribution in [3.63, 3.8) is 0 Å². The first kappa shape index (κ1) is 15.3. The Morgan fingerprint density at radius 3 is 2.19 bits per heavy atom. The van der Waals surface area contributed by atoms with Gasteiger partial charge in [-0.2, -0.15) is 0 Å². The number of aromatic nitrogens is 2. The Morgan fingerprint density at radius 1 is 1.14 bits per heavy atom. The van der Waals surface area contributed by atoms with Crippen molar-refractivity contribution in [3.8, 4) is 0 Å². The van der Waals surface area contributed by atoms with Gasteiger partial charge in [0.2, 0.25) is 5.78 Å². The van der Waals surface area contributed by atoms with Crippen LogP contribution in [-0.4, -0.2) is 14.9 Å². The van der Waals surface area contributed by atoms with Crippen molar-refractivity contribution in [2.45, 2.75) is 0 Å². The highest BCUT2D eigenvalue weighted by molar-refractivity contribution is 9.10. The van der Waals surface area contributed by atoms with Crippen molar-refractivity contribution in [2.24, 2.45) is 14.1 Å². The second-order valence-corrected chi connectivity index (χ2v) is 5.29. The van der Waals surface area contributed by atoms with E-state index in [1.54, 1.807) is 0 Å². The quantitative estimate of drug-likeness (QED) is 0.761. The molecule has 0 fully saturated rings. The molecule has 0 atom stereocenters. The third kappa shape index (κ3) is 2.58. The van der Waals surface area contributed by atoms with E-state index >= 15 is 0 Å². The first-order valence-corrected chi connectivity index (χ1v) is 6.49. The smallest absolute Gasteiger partial charge is 0.303 e. The van der Waals surface area contributed by atoms with E-state index in [0.29, 0.717) is 4.57 Å². The summed E-state index contributed by atoms with van der Waals surface area (Å²) in [6.07, 6.45) is 0.966. The lowest BCUT2D eigenvalue weighted by Crippen LogP contribution is -2.39. The van der Waals surface area contributed by atoms with Crippen LogP contribution in [0.4, 0.5) is 8.78 Å². The monoisotopic (exact) mass is 358 g/mol. The molecule has 1 aromatic carbocycles. The van der Waals surface area contributed by atoms with Crippen molar-refractivity contribution >= 4 is 21.7 Å². The maximum absolute atomic E-state index is 13.8. The largest absolute Gasteiger partial charge is 0.330 e. The van der Waals surface area contributed by atoms with Crippen LogP contribution in [0.5, 0.6) is 0 Å². The van der Waals surface area contributed by atoms with Gasteiger partial charge < -0.3 is 4.57 Å². The molecule has 0 N–H and O–H groups in total. The van der Waals surface area contributed by atoms with Gasteiger partial charge in [-0.1, -0.05) is 15.9 Å². The van der Waals surface area contributed by atoms with E-state index in [-0.39, 0.29) is 4.47 Å². The molecule has 1 aromatic heterocycles. The van der Waals surface area contributed by atoms with Gasteiger partial charge in [0.05, 0.1) is 5.56 Å². The molecule has 0 unspecified atom stereocenters. The Hall–Kier alpha value is -2.09. The summed E-state index contributed by atoms with van der Waals surface area (Å²) in [5.41, 5.74) is -2.88. The number of rotatable bonds is 2. The standard InChI is InChI=1S/C13H9BrF2N2O3/c1-17-5-7(12(20)18(2)13(17)21)11(19)10-8(15)3-6(14)4-9(10)16/h3-5H,1-2H3. The number of aryl methyl sites for hydroxylation is 1. The Balaban J connectivity index is 2.73. The first-order chi connectivity index (χ1) is 9.73. The summed E-state index contributed by atoms with van der Waals surface area (Å²) >= 11 is 2.90. The van der Waals surface area contributed by atoms with Gasteiger partial charge in [0.1, 0.15) is 17.2 Å².